The van der Waals surface area contributed by atoms with Crippen molar-refractivity contribution in [2.45, 2.75) is 44.2 Å². The fourth-order valence-corrected chi connectivity index (χ4v) is 4.71. The quantitative estimate of drug-likeness (QED) is 0.523. The number of alkyl carbamates (subject to hydrolysis) is 1. The van der Waals surface area contributed by atoms with Crippen LogP contribution in [0.1, 0.15) is 43.2 Å². The van der Waals surface area contributed by atoms with Crippen molar-refractivity contribution < 1.29 is 29.0 Å². The molecule has 0 spiro atoms. The van der Waals surface area contributed by atoms with Crippen molar-refractivity contribution in [3.63, 3.8) is 0 Å². The van der Waals surface area contributed by atoms with Crippen LogP contribution < -0.4 is 10.6 Å². The molecule has 2 aromatic carbocycles. The lowest BCUT2D eigenvalue weighted by atomic mass is 9.98. The van der Waals surface area contributed by atoms with Gasteiger partial charge in [0.15, 0.2) is 0 Å². The Hall–Kier alpha value is -3.39. The second-order valence-corrected chi connectivity index (χ2v) is 8.78. The molecule has 8 nitrogen and oxygen atoms in total. The molecular formula is C26H30N2O6. The number of ether oxygens (including phenoxy) is 2. The van der Waals surface area contributed by atoms with Gasteiger partial charge in [-0.15, -0.1) is 0 Å². The maximum atomic E-state index is 12.4. The summed E-state index contributed by atoms with van der Waals surface area (Å²) in [6.07, 6.45) is 0.582. The van der Waals surface area contributed by atoms with Gasteiger partial charge in [0.05, 0.1) is 18.6 Å². The van der Waals surface area contributed by atoms with Gasteiger partial charge in [0.25, 0.3) is 0 Å². The Labute approximate surface area is 198 Å². The fourth-order valence-electron chi connectivity index (χ4n) is 4.71. The Morgan fingerprint density at radius 2 is 1.74 bits per heavy atom. The summed E-state index contributed by atoms with van der Waals surface area (Å²) in [6, 6.07) is 15.4. The third kappa shape index (κ3) is 5.22. The van der Waals surface area contributed by atoms with E-state index in [0.717, 1.165) is 11.1 Å². The van der Waals surface area contributed by atoms with Crippen LogP contribution in [0.5, 0.6) is 0 Å². The molecule has 1 saturated heterocycles. The van der Waals surface area contributed by atoms with Crippen molar-refractivity contribution in [1.82, 2.24) is 10.6 Å². The summed E-state index contributed by atoms with van der Waals surface area (Å²) in [5, 5.41) is 14.5. The Bertz CT molecular complexity index is 1010. The maximum absolute atomic E-state index is 12.4. The second-order valence-electron chi connectivity index (χ2n) is 8.78. The summed E-state index contributed by atoms with van der Waals surface area (Å²) in [7, 11) is 0. The molecular weight excluding hydrogens is 436 g/mol. The van der Waals surface area contributed by atoms with Gasteiger partial charge < -0.3 is 25.2 Å². The number of aliphatic carboxylic acids is 1. The lowest BCUT2D eigenvalue weighted by Crippen LogP contribution is -2.43. The monoisotopic (exact) mass is 466 g/mol. The molecule has 1 heterocycles. The van der Waals surface area contributed by atoms with E-state index in [4.69, 9.17) is 9.47 Å². The number of benzene rings is 2. The predicted octanol–water partition coefficient (Wildman–Crippen LogP) is 3.30. The molecule has 8 heteroatoms. The summed E-state index contributed by atoms with van der Waals surface area (Å²) >= 11 is 0. The minimum Gasteiger partial charge on any atom is -0.480 e. The van der Waals surface area contributed by atoms with Gasteiger partial charge in [0.2, 0.25) is 5.91 Å². The van der Waals surface area contributed by atoms with Gasteiger partial charge in [0, 0.05) is 12.5 Å². The molecule has 3 atom stereocenters. The Morgan fingerprint density at radius 3 is 2.35 bits per heavy atom. The topological polar surface area (TPSA) is 114 Å². The first-order valence-corrected chi connectivity index (χ1v) is 11.7. The van der Waals surface area contributed by atoms with E-state index in [1.165, 1.54) is 11.1 Å². The van der Waals surface area contributed by atoms with E-state index in [1.807, 2.05) is 31.2 Å². The van der Waals surface area contributed by atoms with Crippen LogP contribution in [0.2, 0.25) is 0 Å². The number of hydrogen-bond donors (Lipinski definition) is 3. The van der Waals surface area contributed by atoms with Gasteiger partial charge in [-0.3, -0.25) is 4.79 Å². The molecule has 1 aliphatic carbocycles. The standard InChI is InChI=1S/C26H30N2O6/c1-2-7-23(25(30)31)28-24(29)16-12-17(33-14-16)13-27-26(32)34-15-22-20-10-5-3-8-18(20)19-9-4-6-11-21(19)22/h3-6,8-11,16-17,22-23H,2,7,12-15H2,1H3,(H,27,32)(H,28,29)(H,30,31)/t16-,17-,23+/m0/s1. The van der Waals surface area contributed by atoms with Gasteiger partial charge >= 0.3 is 12.1 Å². The summed E-state index contributed by atoms with van der Waals surface area (Å²) in [4.78, 5) is 36.0. The molecule has 2 amide bonds. The molecule has 0 unspecified atom stereocenters. The number of carboxylic acid groups (broad SMARTS) is 1. The van der Waals surface area contributed by atoms with E-state index in [1.54, 1.807) is 0 Å². The summed E-state index contributed by atoms with van der Waals surface area (Å²) in [6.45, 7) is 2.51. The molecule has 1 fully saturated rings. The van der Waals surface area contributed by atoms with E-state index in [2.05, 4.69) is 34.9 Å². The normalized spacial score (nSPS) is 19.7. The zero-order valence-corrected chi connectivity index (χ0v) is 19.2. The number of fused-ring (bicyclic) bond motifs is 3. The molecule has 180 valence electrons. The van der Waals surface area contributed by atoms with Crippen LogP contribution >= 0.6 is 0 Å². The molecule has 4 rings (SSSR count). The molecule has 0 radical (unpaired) electrons. The van der Waals surface area contributed by atoms with Crippen LogP contribution in [-0.4, -0.2) is 55.0 Å². The zero-order valence-electron chi connectivity index (χ0n) is 19.2. The highest BCUT2D eigenvalue weighted by atomic mass is 16.5. The van der Waals surface area contributed by atoms with Crippen molar-refractivity contribution in [2.75, 3.05) is 19.8 Å². The van der Waals surface area contributed by atoms with Crippen LogP contribution in [0.15, 0.2) is 48.5 Å². The lowest BCUT2D eigenvalue weighted by Gasteiger charge is -2.16. The number of nitrogens with one attached hydrogen (secondary N) is 2. The molecule has 0 bridgehead atoms. The van der Waals surface area contributed by atoms with Crippen molar-refractivity contribution in [3.05, 3.63) is 59.7 Å². The SMILES string of the molecule is CCC[C@@H](NC(=O)[C@@H]1CO[C@H](CNC(=O)OCC2c3ccccc3-c3ccccc32)C1)C(=O)O. The maximum Gasteiger partial charge on any atom is 0.407 e. The van der Waals surface area contributed by atoms with Gasteiger partial charge in [-0.2, -0.15) is 0 Å². The van der Waals surface area contributed by atoms with Gasteiger partial charge in [-0.05, 0) is 35.1 Å². The highest BCUT2D eigenvalue weighted by Crippen LogP contribution is 2.44. The minimum absolute atomic E-state index is 0.0146. The third-order valence-corrected chi connectivity index (χ3v) is 6.46. The Kier molecular flexibility index (Phi) is 7.47. The number of carbonyl (C=O) groups excluding carboxylic acids is 2. The third-order valence-electron chi connectivity index (χ3n) is 6.46. The number of rotatable bonds is 9. The first-order chi connectivity index (χ1) is 16.5. The van der Waals surface area contributed by atoms with Crippen LogP contribution in [0.4, 0.5) is 4.79 Å². The number of carboxylic acids is 1. The molecule has 0 aromatic heterocycles. The lowest BCUT2D eigenvalue weighted by molar-refractivity contribution is -0.142. The van der Waals surface area contributed by atoms with E-state index in [9.17, 15) is 19.5 Å². The average Bonchev–Trinajstić information content (AvgIpc) is 3.44. The number of carbonyl (C=O) groups is 3. The van der Waals surface area contributed by atoms with Crippen molar-refractivity contribution in [3.8, 4) is 11.1 Å². The molecule has 1 aliphatic heterocycles. The van der Waals surface area contributed by atoms with Crippen LogP contribution in [0.25, 0.3) is 11.1 Å². The molecule has 34 heavy (non-hydrogen) atoms. The minimum atomic E-state index is -1.04. The highest BCUT2D eigenvalue weighted by Gasteiger charge is 2.33. The summed E-state index contributed by atoms with van der Waals surface area (Å²) < 4.78 is 11.2. The molecule has 2 aromatic rings. The second kappa shape index (κ2) is 10.7. The van der Waals surface area contributed by atoms with Crippen LogP contribution in [0.3, 0.4) is 0 Å². The van der Waals surface area contributed by atoms with Crippen molar-refractivity contribution in [1.29, 1.82) is 0 Å². The molecule has 2 aliphatic rings. The van der Waals surface area contributed by atoms with Gasteiger partial charge in [0.1, 0.15) is 12.6 Å². The van der Waals surface area contributed by atoms with Gasteiger partial charge in [-0.1, -0.05) is 61.9 Å². The molecule has 3 N–H and O–H groups in total. The zero-order chi connectivity index (χ0) is 24.1. The number of hydrogen-bond acceptors (Lipinski definition) is 5. The Balaban J connectivity index is 1.24. The summed E-state index contributed by atoms with van der Waals surface area (Å²) in [5.41, 5.74) is 4.62. The van der Waals surface area contributed by atoms with E-state index in [-0.39, 0.29) is 37.7 Å². The predicted molar refractivity (Wildman–Crippen MR) is 125 cm³/mol. The Morgan fingerprint density at radius 1 is 1.09 bits per heavy atom. The summed E-state index contributed by atoms with van der Waals surface area (Å²) in [5.74, 6) is -1.82. The first-order valence-electron chi connectivity index (χ1n) is 11.7. The van der Waals surface area contributed by atoms with Crippen molar-refractivity contribution >= 4 is 18.0 Å². The largest absolute Gasteiger partial charge is 0.480 e. The smallest absolute Gasteiger partial charge is 0.407 e. The van der Waals surface area contributed by atoms with Crippen LogP contribution in [-0.2, 0) is 19.1 Å². The first kappa shape index (κ1) is 23.8. The molecule has 0 saturated carbocycles. The van der Waals surface area contributed by atoms with Crippen molar-refractivity contribution in [2.24, 2.45) is 5.92 Å². The van der Waals surface area contributed by atoms with Gasteiger partial charge in [-0.25, -0.2) is 9.59 Å². The fraction of sp³-hybridized carbons (Fsp3) is 0.423. The highest BCUT2D eigenvalue weighted by molar-refractivity contribution is 5.85. The van der Waals surface area contributed by atoms with E-state index >= 15 is 0 Å². The number of amides is 2. The van der Waals surface area contributed by atoms with Crippen LogP contribution in [0, 0.1) is 5.92 Å². The van der Waals surface area contributed by atoms with E-state index in [0.29, 0.717) is 19.3 Å². The van der Waals surface area contributed by atoms with E-state index < -0.39 is 24.0 Å². The average molecular weight is 467 g/mol.